The van der Waals surface area contributed by atoms with Gasteiger partial charge in [0.05, 0.1) is 0 Å². The summed E-state index contributed by atoms with van der Waals surface area (Å²) in [7, 11) is 0. The van der Waals surface area contributed by atoms with Gasteiger partial charge in [-0.2, -0.15) is 0 Å². The number of hydrogen-bond donors (Lipinski definition) is 1. The molecule has 1 nitrogen and oxygen atoms in total. The van der Waals surface area contributed by atoms with Crippen LogP contribution in [-0.2, 0) is 5.60 Å². The summed E-state index contributed by atoms with van der Waals surface area (Å²) in [6, 6.07) is 11.2. The minimum Gasteiger partial charge on any atom is -0.381 e. The molecule has 0 aliphatic heterocycles. The molecule has 0 fully saturated rings. The second-order valence-corrected chi connectivity index (χ2v) is 5.44. The summed E-state index contributed by atoms with van der Waals surface area (Å²) < 4.78 is 14.1. The van der Waals surface area contributed by atoms with Crippen LogP contribution in [0.4, 0.5) is 4.39 Å². The normalized spacial score (nSPS) is 14.3. The first-order valence-electron chi connectivity index (χ1n) is 5.36. The monoisotopic (exact) mass is 328 g/mol. The molecule has 0 bridgehead atoms. The van der Waals surface area contributed by atoms with Crippen LogP contribution >= 0.6 is 27.5 Å². The Kier molecular flexibility index (Phi) is 3.76. The molecule has 1 atom stereocenters. The fraction of sp³-hybridized carbons (Fsp3) is 0.143. The number of benzene rings is 2. The number of rotatable bonds is 2. The zero-order valence-corrected chi connectivity index (χ0v) is 12.0. The fourth-order valence-electron chi connectivity index (χ4n) is 1.87. The SMILES string of the molecule is CC(O)(c1cc(F)ccc1Cl)c1ccccc1Br. The van der Waals surface area contributed by atoms with E-state index in [-0.39, 0.29) is 0 Å². The van der Waals surface area contributed by atoms with Crippen LogP contribution in [0, 0.1) is 5.82 Å². The summed E-state index contributed by atoms with van der Waals surface area (Å²) in [6.07, 6.45) is 0. The molecule has 18 heavy (non-hydrogen) atoms. The lowest BCUT2D eigenvalue weighted by Crippen LogP contribution is -2.24. The van der Waals surface area contributed by atoms with Crippen LogP contribution in [0.25, 0.3) is 0 Å². The molecule has 0 aliphatic carbocycles. The maximum Gasteiger partial charge on any atom is 0.123 e. The predicted octanol–water partition coefficient (Wildman–Crippen LogP) is 4.50. The maximum atomic E-state index is 13.3. The summed E-state index contributed by atoms with van der Waals surface area (Å²) >= 11 is 9.42. The Bertz CT molecular complexity index is 584. The van der Waals surface area contributed by atoms with Gasteiger partial charge in [-0.15, -0.1) is 0 Å². The summed E-state index contributed by atoms with van der Waals surface area (Å²) in [6.45, 7) is 1.59. The van der Waals surface area contributed by atoms with Gasteiger partial charge in [0.15, 0.2) is 0 Å². The van der Waals surface area contributed by atoms with Gasteiger partial charge >= 0.3 is 0 Å². The van der Waals surface area contributed by atoms with Gasteiger partial charge in [0.1, 0.15) is 11.4 Å². The lowest BCUT2D eigenvalue weighted by Gasteiger charge is -2.26. The zero-order valence-electron chi connectivity index (χ0n) is 9.62. The zero-order chi connectivity index (χ0) is 13.3. The molecule has 0 saturated carbocycles. The van der Waals surface area contributed by atoms with Gasteiger partial charge in [0.25, 0.3) is 0 Å². The first-order chi connectivity index (χ1) is 8.43. The van der Waals surface area contributed by atoms with Gasteiger partial charge in [-0.3, -0.25) is 0 Å². The van der Waals surface area contributed by atoms with Crippen molar-refractivity contribution in [2.24, 2.45) is 0 Å². The summed E-state index contributed by atoms with van der Waals surface area (Å²) in [4.78, 5) is 0. The predicted molar refractivity (Wildman–Crippen MR) is 74.2 cm³/mol. The molecule has 0 amide bonds. The lowest BCUT2D eigenvalue weighted by molar-refractivity contribution is 0.101. The van der Waals surface area contributed by atoms with Crippen LogP contribution in [0.5, 0.6) is 0 Å². The molecular weight excluding hydrogens is 319 g/mol. The van der Waals surface area contributed by atoms with Gasteiger partial charge in [-0.05, 0) is 31.2 Å². The molecule has 4 heteroatoms. The molecule has 0 saturated heterocycles. The van der Waals surface area contributed by atoms with Crippen LogP contribution in [-0.4, -0.2) is 5.11 Å². The molecule has 1 unspecified atom stereocenters. The molecule has 0 aliphatic rings. The highest BCUT2D eigenvalue weighted by atomic mass is 79.9. The van der Waals surface area contributed by atoms with Crippen LogP contribution in [0.2, 0.25) is 5.02 Å². The Hall–Kier alpha value is -0.900. The summed E-state index contributed by atoms with van der Waals surface area (Å²) in [5, 5.41) is 11.0. The van der Waals surface area contributed by atoms with E-state index >= 15 is 0 Å². The van der Waals surface area contributed by atoms with E-state index in [0.29, 0.717) is 16.1 Å². The van der Waals surface area contributed by atoms with Crippen molar-refractivity contribution in [1.29, 1.82) is 0 Å². The molecule has 0 radical (unpaired) electrons. The quantitative estimate of drug-likeness (QED) is 0.860. The Morgan fingerprint density at radius 1 is 1.17 bits per heavy atom. The van der Waals surface area contributed by atoms with E-state index in [0.717, 1.165) is 4.47 Å². The Morgan fingerprint density at radius 2 is 1.83 bits per heavy atom. The van der Waals surface area contributed by atoms with Gasteiger partial charge < -0.3 is 5.11 Å². The van der Waals surface area contributed by atoms with Gasteiger partial charge in [-0.25, -0.2) is 4.39 Å². The topological polar surface area (TPSA) is 20.2 Å². The first-order valence-corrected chi connectivity index (χ1v) is 6.53. The molecular formula is C14H11BrClFO. The van der Waals surface area contributed by atoms with E-state index in [1.54, 1.807) is 13.0 Å². The second kappa shape index (κ2) is 5.00. The van der Waals surface area contributed by atoms with Crippen molar-refractivity contribution < 1.29 is 9.50 Å². The molecule has 0 aromatic heterocycles. The molecule has 1 N–H and O–H groups in total. The van der Waals surface area contributed by atoms with Crippen LogP contribution < -0.4 is 0 Å². The van der Waals surface area contributed by atoms with Crippen molar-refractivity contribution in [1.82, 2.24) is 0 Å². The van der Waals surface area contributed by atoms with Gasteiger partial charge in [0, 0.05) is 20.6 Å². The third kappa shape index (κ3) is 2.44. The van der Waals surface area contributed by atoms with E-state index in [1.165, 1.54) is 18.2 Å². The standard InChI is InChI=1S/C14H11BrClFO/c1-14(18,10-4-2-3-5-12(10)15)11-8-9(17)6-7-13(11)16/h2-8,18H,1H3. The highest BCUT2D eigenvalue weighted by Gasteiger charge is 2.30. The highest BCUT2D eigenvalue weighted by Crippen LogP contribution is 2.37. The maximum absolute atomic E-state index is 13.3. The summed E-state index contributed by atoms with van der Waals surface area (Å²) in [5.41, 5.74) is -0.382. The molecule has 2 aromatic carbocycles. The minimum absolute atomic E-state index is 0.331. The van der Waals surface area contributed by atoms with E-state index in [2.05, 4.69) is 15.9 Å². The van der Waals surface area contributed by atoms with E-state index in [1.807, 2.05) is 18.2 Å². The smallest absolute Gasteiger partial charge is 0.123 e. The molecule has 2 aromatic rings. The van der Waals surface area contributed by atoms with Crippen LogP contribution in [0.1, 0.15) is 18.1 Å². The van der Waals surface area contributed by atoms with Crippen molar-refractivity contribution in [2.75, 3.05) is 0 Å². The largest absolute Gasteiger partial charge is 0.381 e. The van der Waals surface area contributed by atoms with Crippen molar-refractivity contribution >= 4 is 27.5 Å². The van der Waals surface area contributed by atoms with E-state index < -0.39 is 11.4 Å². The molecule has 94 valence electrons. The average molecular weight is 330 g/mol. The highest BCUT2D eigenvalue weighted by molar-refractivity contribution is 9.10. The first kappa shape index (κ1) is 13.5. The van der Waals surface area contributed by atoms with Crippen molar-refractivity contribution in [2.45, 2.75) is 12.5 Å². The second-order valence-electron chi connectivity index (χ2n) is 4.18. The molecule has 0 heterocycles. The molecule has 0 spiro atoms. The molecule has 2 rings (SSSR count). The summed E-state index contributed by atoms with van der Waals surface area (Å²) in [5.74, 6) is -0.429. The average Bonchev–Trinajstić information content (AvgIpc) is 2.32. The van der Waals surface area contributed by atoms with E-state index in [9.17, 15) is 9.50 Å². The van der Waals surface area contributed by atoms with Gasteiger partial charge in [-0.1, -0.05) is 45.7 Å². The van der Waals surface area contributed by atoms with Crippen LogP contribution in [0.3, 0.4) is 0 Å². The third-order valence-electron chi connectivity index (χ3n) is 2.85. The Morgan fingerprint density at radius 3 is 2.50 bits per heavy atom. The number of aliphatic hydroxyl groups is 1. The van der Waals surface area contributed by atoms with Crippen LogP contribution in [0.15, 0.2) is 46.9 Å². The fourth-order valence-corrected chi connectivity index (χ4v) is 2.84. The Balaban J connectivity index is 2.61. The van der Waals surface area contributed by atoms with Crippen molar-refractivity contribution in [3.63, 3.8) is 0 Å². The van der Waals surface area contributed by atoms with Crippen molar-refractivity contribution in [3.8, 4) is 0 Å². The van der Waals surface area contributed by atoms with Gasteiger partial charge in [0.2, 0.25) is 0 Å². The number of hydrogen-bond acceptors (Lipinski definition) is 1. The lowest BCUT2D eigenvalue weighted by atomic mass is 9.88. The minimum atomic E-state index is -1.36. The van der Waals surface area contributed by atoms with E-state index in [4.69, 9.17) is 11.6 Å². The van der Waals surface area contributed by atoms with Crippen molar-refractivity contribution in [3.05, 3.63) is 68.9 Å². The number of halogens is 3. The Labute approximate surface area is 118 Å². The third-order valence-corrected chi connectivity index (χ3v) is 3.87.